The Hall–Kier alpha value is -1.56. The lowest BCUT2D eigenvalue weighted by atomic mass is 10.1. The van der Waals surface area contributed by atoms with Crippen molar-refractivity contribution in [3.63, 3.8) is 0 Å². The fourth-order valence-electron chi connectivity index (χ4n) is 1.02. The van der Waals surface area contributed by atoms with Gasteiger partial charge in [-0.05, 0) is 5.92 Å². The van der Waals surface area contributed by atoms with E-state index in [1.807, 2.05) is 26.0 Å². The highest BCUT2D eigenvalue weighted by Gasteiger charge is 2.06. The van der Waals surface area contributed by atoms with Crippen LogP contribution >= 0.6 is 0 Å². The summed E-state index contributed by atoms with van der Waals surface area (Å²) >= 11 is 0. The molecule has 0 N–H and O–H groups in total. The van der Waals surface area contributed by atoms with Gasteiger partial charge in [-0.15, -0.1) is 0 Å². The van der Waals surface area contributed by atoms with Gasteiger partial charge in [-0.3, -0.25) is 4.98 Å². The predicted octanol–water partition coefficient (Wildman–Crippen LogP) is 2.09. The maximum atomic E-state index is 8.71. The quantitative estimate of drug-likeness (QED) is 0.693. The van der Waals surface area contributed by atoms with Crippen LogP contribution in [0.25, 0.3) is 0 Å². The van der Waals surface area contributed by atoms with Crippen LogP contribution in [0.15, 0.2) is 12.3 Å². The van der Waals surface area contributed by atoms with E-state index in [9.17, 15) is 0 Å². The van der Waals surface area contributed by atoms with Crippen molar-refractivity contribution >= 4 is 0 Å². The second-order valence-electron chi connectivity index (χ2n) is 3.08. The molecular formula is C10H12N2O. The minimum absolute atomic E-state index is 0.349. The van der Waals surface area contributed by atoms with Crippen LogP contribution in [0.2, 0.25) is 0 Å². The highest BCUT2D eigenvalue weighted by Crippen LogP contribution is 2.21. The lowest BCUT2D eigenvalue weighted by molar-refractivity contribution is 0.412. The highest BCUT2D eigenvalue weighted by molar-refractivity contribution is 5.42. The van der Waals surface area contributed by atoms with Crippen molar-refractivity contribution in [2.75, 3.05) is 7.11 Å². The van der Waals surface area contributed by atoms with E-state index in [1.165, 1.54) is 0 Å². The van der Waals surface area contributed by atoms with Gasteiger partial charge in [-0.2, -0.15) is 5.26 Å². The predicted molar refractivity (Wildman–Crippen MR) is 49.6 cm³/mol. The molecular weight excluding hydrogens is 164 g/mol. The molecule has 1 aromatic rings. The summed E-state index contributed by atoms with van der Waals surface area (Å²) in [6.45, 7) is 4.10. The van der Waals surface area contributed by atoms with Gasteiger partial charge < -0.3 is 4.74 Å². The summed E-state index contributed by atoms with van der Waals surface area (Å²) in [5.41, 5.74) is 1.42. The van der Waals surface area contributed by atoms with Crippen LogP contribution in [0.1, 0.15) is 31.0 Å². The monoisotopic (exact) mass is 176 g/mol. The summed E-state index contributed by atoms with van der Waals surface area (Å²) in [5.74, 6) is 0.947. The van der Waals surface area contributed by atoms with Crippen LogP contribution in [-0.2, 0) is 0 Å². The number of aromatic nitrogens is 1. The summed E-state index contributed by atoms with van der Waals surface area (Å²) in [6.07, 6.45) is 1.55. The van der Waals surface area contributed by atoms with Crippen molar-refractivity contribution in [1.29, 1.82) is 5.26 Å². The zero-order chi connectivity index (χ0) is 9.84. The van der Waals surface area contributed by atoms with Gasteiger partial charge in [0.1, 0.15) is 17.4 Å². The minimum atomic E-state index is 0.349. The van der Waals surface area contributed by atoms with Gasteiger partial charge >= 0.3 is 0 Å². The van der Waals surface area contributed by atoms with Crippen molar-refractivity contribution in [2.45, 2.75) is 19.8 Å². The van der Waals surface area contributed by atoms with Crippen LogP contribution in [0.3, 0.4) is 0 Å². The first kappa shape index (κ1) is 9.53. The van der Waals surface area contributed by atoms with E-state index >= 15 is 0 Å². The molecule has 0 aliphatic heterocycles. The van der Waals surface area contributed by atoms with Crippen molar-refractivity contribution in [2.24, 2.45) is 0 Å². The van der Waals surface area contributed by atoms with Gasteiger partial charge in [0.15, 0.2) is 0 Å². The Balaban J connectivity index is 3.15. The van der Waals surface area contributed by atoms with Crippen molar-refractivity contribution in [3.8, 4) is 11.8 Å². The number of nitriles is 1. The molecule has 0 spiro atoms. The molecule has 0 saturated carbocycles. The Kier molecular flexibility index (Phi) is 2.86. The van der Waals surface area contributed by atoms with Gasteiger partial charge in [0.2, 0.25) is 0 Å². The number of hydrogen-bond acceptors (Lipinski definition) is 3. The van der Waals surface area contributed by atoms with E-state index < -0.39 is 0 Å². The lowest BCUT2D eigenvalue weighted by Gasteiger charge is -2.07. The van der Waals surface area contributed by atoms with Crippen molar-refractivity contribution < 1.29 is 4.74 Å². The van der Waals surface area contributed by atoms with Crippen LogP contribution in [0.5, 0.6) is 5.75 Å². The fraction of sp³-hybridized carbons (Fsp3) is 0.400. The largest absolute Gasteiger partial charge is 0.495 e. The average molecular weight is 176 g/mol. The number of nitrogens with zero attached hydrogens (tertiary/aromatic N) is 2. The van der Waals surface area contributed by atoms with E-state index in [1.54, 1.807) is 13.3 Å². The van der Waals surface area contributed by atoms with Gasteiger partial charge in [-0.1, -0.05) is 13.8 Å². The fourth-order valence-corrected chi connectivity index (χ4v) is 1.02. The second-order valence-corrected chi connectivity index (χ2v) is 3.08. The van der Waals surface area contributed by atoms with Crippen LogP contribution in [-0.4, -0.2) is 12.1 Å². The third-order valence-electron chi connectivity index (χ3n) is 1.82. The normalized spacial score (nSPS) is 9.77. The maximum absolute atomic E-state index is 8.71. The first-order valence-corrected chi connectivity index (χ1v) is 4.13. The zero-order valence-electron chi connectivity index (χ0n) is 8.03. The number of hydrogen-bond donors (Lipinski definition) is 0. The molecule has 13 heavy (non-hydrogen) atoms. The molecule has 1 aromatic heterocycles. The Bertz CT molecular complexity index is 339. The zero-order valence-corrected chi connectivity index (χ0v) is 8.03. The number of pyridine rings is 1. The molecule has 3 heteroatoms. The molecule has 1 heterocycles. The molecule has 3 nitrogen and oxygen atoms in total. The number of methoxy groups -OCH3 is 1. The molecule has 0 bridgehead atoms. The summed E-state index contributed by atoms with van der Waals surface area (Å²) in [6, 6.07) is 3.83. The summed E-state index contributed by atoms with van der Waals surface area (Å²) in [7, 11) is 1.56. The van der Waals surface area contributed by atoms with E-state index in [0.717, 1.165) is 5.69 Å². The molecule has 0 fully saturated rings. The molecule has 0 unspecified atom stereocenters. The molecule has 68 valence electrons. The van der Waals surface area contributed by atoms with E-state index in [-0.39, 0.29) is 0 Å². The molecule has 0 saturated heterocycles. The standard InChI is InChI=1S/C10H12N2O/c1-7(2)9-4-10(13-3)8(5-11)6-12-9/h4,6-7H,1-3H3. The topological polar surface area (TPSA) is 45.9 Å². The summed E-state index contributed by atoms with van der Waals surface area (Å²) in [5, 5.41) is 8.71. The van der Waals surface area contributed by atoms with E-state index in [2.05, 4.69) is 4.98 Å². The average Bonchev–Trinajstić information content (AvgIpc) is 2.16. The van der Waals surface area contributed by atoms with Crippen LogP contribution in [0.4, 0.5) is 0 Å². The van der Waals surface area contributed by atoms with Crippen LogP contribution < -0.4 is 4.74 Å². The third-order valence-corrected chi connectivity index (χ3v) is 1.82. The molecule has 0 aliphatic carbocycles. The molecule has 0 aromatic carbocycles. The van der Waals surface area contributed by atoms with Gasteiger partial charge in [0.25, 0.3) is 0 Å². The molecule has 0 aliphatic rings. The number of ether oxygens (including phenoxy) is 1. The first-order valence-electron chi connectivity index (χ1n) is 4.13. The molecule has 0 amide bonds. The molecule has 0 radical (unpaired) electrons. The maximum Gasteiger partial charge on any atom is 0.140 e. The Morgan fingerprint density at radius 1 is 1.54 bits per heavy atom. The van der Waals surface area contributed by atoms with Crippen molar-refractivity contribution in [3.05, 3.63) is 23.5 Å². The van der Waals surface area contributed by atoms with Gasteiger partial charge in [0, 0.05) is 18.0 Å². The first-order chi connectivity index (χ1) is 6.19. The van der Waals surface area contributed by atoms with Gasteiger partial charge in [0.05, 0.1) is 7.11 Å². The minimum Gasteiger partial charge on any atom is -0.495 e. The van der Waals surface area contributed by atoms with Gasteiger partial charge in [-0.25, -0.2) is 0 Å². The summed E-state index contributed by atoms with van der Waals surface area (Å²) in [4.78, 5) is 4.16. The third kappa shape index (κ3) is 1.97. The Morgan fingerprint density at radius 2 is 2.23 bits per heavy atom. The molecule has 1 rings (SSSR count). The Morgan fingerprint density at radius 3 is 2.69 bits per heavy atom. The smallest absolute Gasteiger partial charge is 0.140 e. The second kappa shape index (κ2) is 3.90. The number of rotatable bonds is 2. The van der Waals surface area contributed by atoms with Crippen molar-refractivity contribution in [1.82, 2.24) is 4.98 Å². The van der Waals surface area contributed by atoms with E-state index in [4.69, 9.17) is 10.00 Å². The SMILES string of the molecule is COc1cc(C(C)C)ncc1C#N. The van der Waals surface area contributed by atoms with E-state index in [0.29, 0.717) is 17.2 Å². The molecule has 0 atom stereocenters. The van der Waals surface area contributed by atoms with Crippen LogP contribution in [0, 0.1) is 11.3 Å². The highest BCUT2D eigenvalue weighted by atomic mass is 16.5. The Labute approximate surface area is 78.0 Å². The summed E-state index contributed by atoms with van der Waals surface area (Å²) < 4.78 is 5.06. The lowest BCUT2D eigenvalue weighted by Crippen LogP contribution is -1.96.